The molecule has 0 bridgehead atoms. The van der Waals surface area contributed by atoms with Crippen molar-refractivity contribution >= 4 is 0 Å². The zero-order valence-electron chi connectivity index (χ0n) is 11.5. The van der Waals surface area contributed by atoms with Crippen LogP contribution in [0.3, 0.4) is 0 Å². The Hall–Kier alpha value is -1.75. The van der Waals surface area contributed by atoms with E-state index in [1.165, 1.54) is 6.20 Å². The minimum Gasteiger partial charge on any atom is -0.305 e. The van der Waals surface area contributed by atoms with Crippen LogP contribution < -0.4 is 5.32 Å². The number of rotatable bonds is 5. The molecule has 1 N–H and O–H groups in total. The summed E-state index contributed by atoms with van der Waals surface area (Å²) in [6, 6.07) is 3.49. The Labute approximate surface area is 112 Å². The highest BCUT2D eigenvalue weighted by molar-refractivity contribution is 5.28. The molecule has 2 heterocycles. The maximum Gasteiger partial charge on any atom is 0.146 e. The highest BCUT2D eigenvalue weighted by Crippen LogP contribution is 2.24. The number of nitrogens with zero attached hydrogens (tertiary/aromatic N) is 3. The van der Waals surface area contributed by atoms with E-state index in [-0.39, 0.29) is 11.9 Å². The number of hydrogen-bond acceptors (Lipinski definition) is 3. The van der Waals surface area contributed by atoms with E-state index in [1.807, 2.05) is 20.0 Å². The SMILES string of the molecule is CCCNC(c1ccncc1F)c1cc(C)nn1C. The Morgan fingerprint density at radius 2 is 2.26 bits per heavy atom. The lowest BCUT2D eigenvalue weighted by atomic mass is 10.0. The molecular weight excluding hydrogens is 243 g/mol. The molecule has 0 fully saturated rings. The molecule has 2 rings (SSSR count). The molecule has 102 valence electrons. The largest absolute Gasteiger partial charge is 0.305 e. The fraction of sp³-hybridized carbons (Fsp3) is 0.429. The van der Waals surface area contributed by atoms with Crippen LogP contribution in [0, 0.1) is 12.7 Å². The normalized spacial score (nSPS) is 12.6. The molecule has 1 unspecified atom stereocenters. The molecule has 0 spiro atoms. The van der Waals surface area contributed by atoms with Crippen LogP contribution in [0.15, 0.2) is 24.5 Å². The maximum absolute atomic E-state index is 14.0. The third-order valence-corrected chi connectivity index (χ3v) is 3.05. The Kier molecular flexibility index (Phi) is 4.27. The molecule has 19 heavy (non-hydrogen) atoms. The molecule has 0 saturated carbocycles. The molecule has 0 radical (unpaired) electrons. The lowest BCUT2D eigenvalue weighted by Gasteiger charge is -2.19. The van der Waals surface area contributed by atoms with Crippen LogP contribution in [0.4, 0.5) is 4.39 Å². The van der Waals surface area contributed by atoms with Crippen LogP contribution >= 0.6 is 0 Å². The zero-order chi connectivity index (χ0) is 13.8. The second-order valence-electron chi connectivity index (χ2n) is 4.62. The number of hydrogen-bond donors (Lipinski definition) is 1. The van der Waals surface area contributed by atoms with Gasteiger partial charge >= 0.3 is 0 Å². The van der Waals surface area contributed by atoms with E-state index in [2.05, 4.69) is 22.3 Å². The summed E-state index contributed by atoms with van der Waals surface area (Å²) in [5.41, 5.74) is 2.48. The lowest BCUT2D eigenvalue weighted by molar-refractivity contribution is 0.517. The minimum atomic E-state index is -0.296. The quantitative estimate of drug-likeness (QED) is 0.899. The van der Waals surface area contributed by atoms with Crippen LogP contribution in [-0.2, 0) is 7.05 Å². The van der Waals surface area contributed by atoms with Crippen molar-refractivity contribution in [2.75, 3.05) is 6.54 Å². The van der Waals surface area contributed by atoms with E-state index < -0.39 is 0 Å². The van der Waals surface area contributed by atoms with Crippen LogP contribution in [0.5, 0.6) is 0 Å². The maximum atomic E-state index is 14.0. The van der Waals surface area contributed by atoms with Gasteiger partial charge in [0.1, 0.15) is 5.82 Å². The summed E-state index contributed by atoms with van der Waals surface area (Å²) < 4.78 is 15.8. The first-order valence-corrected chi connectivity index (χ1v) is 6.46. The first-order valence-electron chi connectivity index (χ1n) is 6.46. The molecule has 2 aromatic heterocycles. The topological polar surface area (TPSA) is 42.7 Å². The molecule has 0 saturated heterocycles. The third kappa shape index (κ3) is 2.98. The molecule has 0 aliphatic heterocycles. The second kappa shape index (κ2) is 5.93. The number of aryl methyl sites for hydroxylation is 2. The van der Waals surface area contributed by atoms with Gasteiger partial charge in [-0.05, 0) is 32.0 Å². The van der Waals surface area contributed by atoms with Crippen LogP contribution in [-0.4, -0.2) is 21.3 Å². The fourth-order valence-electron chi connectivity index (χ4n) is 2.18. The van der Waals surface area contributed by atoms with Gasteiger partial charge in [-0.2, -0.15) is 5.10 Å². The van der Waals surface area contributed by atoms with Crippen molar-refractivity contribution < 1.29 is 4.39 Å². The number of pyridine rings is 1. The average molecular weight is 262 g/mol. The van der Waals surface area contributed by atoms with Gasteiger partial charge in [-0.3, -0.25) is 9.67 Å². The van der Waals surface area contributed by atoms with Gasteiger partial charge in [0, 0.05) is 18.8 Å². The molecule has 0 aromatic carbocycles. The Bertz CT molecular complexity index is 550. The minimum absolute atomic E-state index is 0.200. The molecule has 2 aromatic rings. The smallest absolute Gasteiger partial charge is 0.146 e. The number of nitrogens with one attached hydrogen (secondary N) is 1. The van der Waals surface area contributed by atoms with E-state index in [0.717, 1.165) is 24.4 Å². The molecule has 0 aliphatic carbocycles. The Balaban J connectivity index is 2.41. The summed E-state index contributed by atoms with van der Waals surface area (Å²) in [5.74, 6) is -0.296. The van der Waals surface area contributed by atoms with Gasteiger partial charge in [0.2, 0.25) is 0 Å². The second-order valence-corrected chi connectivity index (χ2v) is 4.62. The van der Waals surface area contributed by atoms with Gasteiger partial charge < -0.3 is 5.32 Å². The Morgan fingerprint density at radius 1 is 1.47 bits per heavy atom. The predicted octanol–water partition coefficient (Wildman–Crippen LogP) is 2.35. The van der Waals surface area contributed by atoms with Crippen molar-refractivity contribution in [3.8, 4) is 0 Å². The summed E-state index contributed by atoms with van der Waals surface area (Å²) in [7, 11) is 1.88. The van der Waals surface area contributed by atoms with E-state index in [0.29, 0.717) is 5.56 Å². The van der Waals surface area contributed by atoms with Crippen molar-refractivity contribution in [2.45, 2.75) is 26.3 Å². The third-order valence-electron chi connectivity index (χ3n) is 3.05. The van der Waals surface area contributed by atoms with E-state index in [4.69, 9.17) is 0 Å². The molecular formula is C14H19FN4. The van der Waals surface area contributed by atoms with Gasteiger partial charge in [0.25, 0.3) is 0 Å². The summed E-state index contributed by atoms with van der Waals surface area (Å²) in [6.07, 6.45) is 3.85. The van der Waals surface area contributed by atoms with Gasteiger partial charge in [-0.25, -0.2) is 4.39 Å². The predicted molar refractivity (Wildman–Crippen MR) is 72.3 cm³/mol. The van der Waals surface area contributed by atoms with Crippen molar-refractivity contribution in [3.63, 3.8) is 0 Å². The van der Waals surface area contributed by atoms with Crippen LogP contribution in [0.2, 0.25) is 0 Å². The summed E-state index contributed by atoms with van der Waals surface area (Å²) in [5, 5.41) is 7.70. The highest BCUT2D eigenvalue weighted by Gasteiger charge is 2.20. The number of halogens is 1. The molecule has 5 heteroatoms. The van der Waals surface area contributed by atoms with Crippen molar-refractivity contribution in [1.82, 2.24) is 20.1 Å². The average Bonchev–Trinajstić information content (AvgIpc) is 2.71. The van der Waals surface area contributed by atoms with Gasteiger partial charge in [-0.15, -0.1) is 0 Å². The standard InChI is InChI=1S/C14H19FN4/c1-4-6-17-14(11-5-7-16-9-12(11)15)13-8-10(2)18-19(13)3/h5,7-9,14,17H,4,6H2,1-3H3. The van der Waals surface area contributed by atoms with Gasteiger partial charge in [0.15, 0.2) is 0 Å². The highest BCUT2D eigenvalue weighted by atomic mass is 19.1. The molecule has 0 amide bonds. The monoisotopic (exact) mass is 262 g/mol. The molecule has 0 aliphatic rings. The van der Waals surface area contributed by atoms with Crippen LogP contribution in [0.1, 0.15) is 36.3 Å². The summed E-state index contributed by atoms with van der Waals surface area (Å²) in [4.78, 5) is 3.80. The fourth-order valence-corrected chi connectivity index (χ4v) is 2.18. The first kappa shape index (κ1) is 13.7. The Morgan fingerprint density at radius 3 is 2.84 bits per heavy atom. The van der Waals surface area contributed by atoms with Gasteiger partial charge in [0.05, 0.1) is 23.6 Å². The summed E-state index contributed by atoms with van der Waals surface area (Å²) in [6.45, 7) is 4.83. The van der Waals surface area contributed by atoms with E-state index in [1.54, 1.807) is 16.9 Å². The molecule has 1 atom stereocenters. The lowest BCUT2D eigenvalue weighted by Crippen LogP contribution is -2.26. The van der Waals surface area contributed by atoms with Crippen molar-refractivity contribution in [1.29, 1.82) is 0 Å². The number of aromatic nitrogens is 3. The van der Waals surface area contributed by atoms with Crippen molar-refractivity contribution in [2.24, 2.45) is 7.05 Å². The summed E-state index contributed by atoms with van der Waals surface area (Å²) >= 11 is 0. The van der Waals surface area contributed by atoms with Gasteiger partial charge in [-0.1, -0.05) is 6.92 Å². The zero-order valence-corrected chi connectivity index (χ0v) is 11.5. The molecule has 4 nitrogen and oxygen atoms in total. The van der Waals surface area contributed by atoms with E-state index >= 15 is 0 Å². The van der Waals surface area contributed by atoms with Crippen molar-refractivity contribution in [3.05, 3.63) is 47.3 Å². The van der Waals surface area contributed by atoms with E-state index in [9.17, 15) is 4.39 Å². The first-order chi connectivity index (χ1) is 9.13. The van der Waals surface area contributed by atoms with Crippen LogP contribution in [0.25, 0.3) is 0 Å².